The van der Waals surface area contributed by atoms with Crippen LogP contribution in [0.5, 0.6) is 0 Å². The molecule has 0 spiro atoms. The summed E-state index contributed by atoms with van der Waals surface area (Å²) in [6.07, 6.45) is 0. The Labute approximate surface area is 211 Å². The summed E-state index contributed by atoms with van der Waals surface area (Å²) in [7, 11) is 0. The van der Waals surface area contributed by atoms with Gasteiger partial charge in [0.05, 0.1) is 16.6 Å². The number of nitrogens with zero attached hydrogens (tertiary/aromatic N) is 2. The van der Waals surface area contributed by atoms with E-state index in [2.05, 4.69) is 93.0 Å². The number of benzene rings is 5. The van der Waals surface area contributed by atoms with Crippen molar-refractivity contribution in [3.63, 3.8) is 0 Å². The van der Waals surface area contributed by atoms with Crippen LogP contribution in [0.3, 0.4) is 0 Å². The number of aromatic amines is 1. The first-order valence-corrected chi connectivity index (χ1v) is 12.4. The molecule has 0 radical (unpaired) electrons. The highest BCUT2D eigenvalue weighted by atomic mass is 16.1. The summed E-state index contributed by atoms with van der Waals surface area (Å²) >= 11 is 0. The van der Waals surface area contributed by atoms with Crippen molar-refractivity contribution >= 4 is 54.5 Å². The lowest BCUT2D eigenvalue weighted by atomic mass is 10.1. The van der Waals surface area contributed by atoms with Gasteiger partial charge >= 0.3 is 0 Å². The number of hydrogen-bond acceptors (Lipinski definition) is 1. The number of aromatic nitrogens is 3. The van der Waals surface area contributed by atoms with E-state index in [1.54, 1.807) is 0 Å². The minimum absolute atomic E-state index is 0.0887. The fourth-order valence-electron chi connectivity index (χ4n) is 5.93. The zero-order valence-corrected chi connectivity index (χ0v) is 19.8. The fraction of sp³-hybridized carbons (Fsp3) is 0. The molecule has 0 saturated heterocycles. The quantitative estimate of drug-likeness (QED) is 0.273. The molecular weight excluding hydrogens is 454 g/mol. The SMILES string of the molecule is O=c1[nH]c2ccccc2c2c3cc4c5ccccc5n(-c5ccccc5)c4cc3n(-c3ccccc3)c12. The molecule has 1 N–H and O–H groups in total. The largest absolute Gasteiger partial charge is 0.320 e. The first-order valence-electron chi connectivity index (χ1n) is 12.4. The molecule has 3 aromatic heterocycles. The first kappa shape index (κ1) is 20.1. The number of nitrogens with one attached hydrogen (secondary N) is 1. The van der Waals surface area contributed by atoms with Gasteiger partial charge in [0, 0.05) is 43.8 Å². The Morgan fingerprint density at radius 3 is 1.84 bits per heavy atom. The molecule has 0 amide bonds. The Morgan fingerprint density at radius 2 is 1.08 bits per heavy atom. The molecular formula is C33H21N3O. The molecule has 0 fully saturated rings. The summed E-state index contributed by atoms with van der Waals surface area (Å²) in [4.78, 5) is 16.7. The van der Waals surface area contributed by atoms with Gasteiger partial charge in [0.25, 0.3) is 5.56 Å². The second-order valence-corrected chi connectivity index (χ2v) is 9.47. The van der Waals surface area contributed by atoms with E-state index in [1.807, 2.05) is 42.5 Å². The van der Waals surface area contributed by atoms with Crippen molar-refractivity contribution in [3.05, 3.63) is 132 Å². The summed E-state index contributed by atoms with van der Waals surface area (Å²) in [6, 6.07) is 41.8. The highest BCUT2D eigenvalue weighted by Crippen LogP contribution is 2.40. The van der Waals surface area contributed by atoms with E-state index in [1.165, 1.54) is 10.8 Å². The topological polar surface area (TPSA) is 42.7 Å². The molecule has 0 bridgehead atoms. The average molecular weight is 476 g/mol. The summed E-state index contributed by atoms with van der Waals surface area (Å²) in [5, 5.41) is 5.46. The standard InChI is InChI=1S/C33H21N3O/c37-33-32-31(24-16-7-9-17-27(24)34-33)26-19-25-23-15-8-10-18-28(23)35(21-11-3-1-4-12-21)29(25)20-30(26)36(32)22-13-5-2-6-14-22/h1-20H,(H,34,37). The van der Waals surface area contributed by atoms with E-state index in [9.17, 15) is 4.79 Å². The van der Waals surface area contributed by atoms with Crippen molar-refractivity contribution in [2.75, 3.05) is 0 Å². The van der Waals surface area contributed by atoms with E-state index in [-0.39, 0.29) is 5.56 Å². The van der Waals surface area contributed by atoms with E-state index >= 15 is 0 Å². The third-order valence-electron chi connectivity index (χ3n) is 7.45. The number of rotatable bonds is 2. The van der Waals surface area contributed by atoms with Crippen LogP contribution in [0.2, 0.25) is 0 Å². The number of para-hydroxylation sites is 4. The van der Waals surface area contributed by atoms with Crippen LogP contribution in [0.1, 0.15) is 0 Å². The fourth-order valence-corrected chi connectivity index (χ4v) is 5.93. The molecule has 174 valence electrons. The van der Waals surface area contributed by atoms with Gasteiger partial charge in [0.15, 0.2) is 0 Å². The Morgan fingerprint density at radius 1 is 0.486 bits per heavy atom. The zero-order valence-electron chi connectivity index (χ0n) is 19.8. The molecule has 0 unspecified atom stereocenters. The molecule has 37 heavy (non-hydrogen) atoms. The van der Waals surface area contributed by atoms with Gasteiger partial charge in [-0.05, 0) is 48.5 Å². The van der Waals surface area contributed by atoms with Crippen molar-refractivity contribution < 1.29 is 0 Å². The summed E-state index contributed by atoms with van der Waals surface area (Å²) in [6.45, 7) is 0. The van der Waals surface area contributed by atoms with E-state index in [0.29, 0.717) is 5.52 Å². The summed E-state index contributed by atoms with van der Waals surface area (Å²) in [5.74, 6) is 0. The number of fused-ring (bicyclic) bond motifs is 8. The molecule has 0 saturated carbocycles. The van der Waals surface area contributed by atoms with Crippen molar-refractivity contribution in [2.45, 2.75) is 0 Å². The Kier molecular flexibility index (Phi) is 4.06. The van der Waals surface area contributed by atoms with Crippen molar-refractivity contribution in [3.8, 4) is 11.4 Å². The normalized spacial score (nSPS) is 11.9. The molecule has 0 atom stereocenters. The molecule has 3 heterocycles. The number of hydrogen-bond donors (Lipinski definition) is 1. The van der Waals surface area contributed by atoms with Crippen molar-refractivity contribution in [1.82, 2.24) is 14.1 Å². The van der Waals surface area contributed by atoms with Crippen LogP contribution in [-0.2, 0) is 0 Å². The summed E-state index contributed by atoms with van der Waals surface area (Å²) < 4.78 is 4.43. The van der Waals surface area contributed by atoms with Crippen LogP contribution < -0.4 is 5.56 Å². The van der Waals surface area contributed by atoms with E-state index in [4.69, 9.17) is 0 Å². The lowest BCUT2D eigenvalue weighted by molar-refractivity contribution is 1.15. The van der Waals surface area contributed by atoms with Crippen molar-refractivity contribution in [1.29, 1.82) is 0 Å². The second kappa shape index (κ2) is 7.45. The van der Waals surface area contributed by atoms with Gasteiger partial charge in [-0.3, -0.25) is 4.79 Å². The molecule has 8 aromatic rings. The van der Waals surface area contributed by atoms with Gasteiger partial charge in [-0.1, -0.05) is 72.8 Å². The Balaban J connectivity index is 1.66. The smallest absolute Gasteiger partial charge is 0.273 e. The molecule has 8 rings (SSSR count). The van der Waals surface area contributed by atoms with Gasteiger partial charge in [-0.2, -0.15) is 0 Å². The van der Waals surface area contributed by atoms with Gasteiger partial charge in [0.2, 0.25) is 0 Å². The molecule has 0 aliphatic rings. The molecule has 0 aliphatic carbocycles. The molecule has 5 aromatic carbocycles. The maximum Gasteiger partial charge on any atom is 0.273 e. The second-order valence-electron chi connectivity index (χ2n) is 9.47. The Hall–Kier alpha value is -5.09. The van der Waals surface area contributed by atoms with Crippen LogP contribution >= 0.6 is 0 Å². The monoisotopic (exact) mass is 475 g/mol. The van der Waals surface area contributed by atoms with Crippen LogP contribution in [0.15, 0.2) is 126 Å². The lowest BCUT2D eigenvalue weighted by Gasteiger charge is -2.09. The first-order chi connectivity index (χ1) is 18.3. The summed E-state index contributed by atoms with van der Waals surface area (Å²) in [5.41, 5.74) is 6.78. The van der Waals surface area contributed by atoms with Crippen LogP contribution in [-0.4, -0.2) is 14.1 Å². The molecule has 4 heteroatoms. The van der Waals surface area contributed by atoms with Crippen LogP contribution in [0.4, 0.5) is 0 Å². The van der Waals surface area contributed by atoms with Crippen LogP contribution in [0, 0.1) is 0 Å². The van der Waals surface area contributed by atoms with Crippen LogP contribution in [0.25, 0.3) is 65.9 Å². The third-order valence-corrected chi connectivity index (χ3v) is 7.45. The highest BCUT2D eigenvalue weighted by Gasteiger charge is 2.21. The minimum Gasteiger partial charge on any atom is -0.320 e. The Bertz CT molecular complexity index is 2200. The average Bonchev–Trinajstić information content (AvgIpc) is 3.46. The van der Waals surface area contributed by atoms with Crippen molar-refractivity contribution in [2.24, 2.45) is 0 Å². The lowest BCUT2D eigenvalue weighted by Crippen LogP contribution is -2.10. The zero-order chi connectivity index (χ0) is 24.5. The predicted molar refractivity (Wildman–Crippen MR) is 153 cm³/mol. The number of H-pyrrole nitrogens is 1. The molecule has 0 aliphatic heterocycles. The van der Waals surface area contributed by atoms with E-state index < -0.39 is 0 Å². The third kappa shape index (κ3) is 2.75. The predicted octanol–water partition coefficient (Wildman–Crippen LogP) is 7.72. The van der Waals surface area contributed by atoms with E-state index in [0.717, 1.165) is 49.6 Å². The molecule has 4 nitrogen and oxygen atoms in total. The van der Waals surface area contributed by atoms with Gasteiger partial charge in [-0.25, -0.2) is 0 Å². The minimum atomic E-state index is -0.0887. The number of pyridine rings is 1. The maximum atomic E-state index is 13.6. The van der Waals surface area contributed by atoms with Gasteiger partial charge in [-0.15, -0.1) is 0 Å². The maximum absolute atomic E-state index is 13.6. The highest BCUT2D eigenvalue weighted by molar-refractivity contribution is 6.24. The van der Waals surface area contributed by atoms with Gasteiger partial charge < -0.3 is 14.1 Å². The van der Waals surface area contributed by atoms with Gasteiger partial charge in [0.1, 0.15) is 5.52 Å².